The standard InChI is InChI=1S/C59H104O6/c1-4-7-10-13-16-19-22-24-26-27-28-29-30-31-33-34-37-40-43-46-49-52-58(61)64-55-56(54-63-57(60)51-48-45-42-39-36-21-18-15-12-9-6-3)65-59(62)53-50-47-44-41-38-35-32-25-23-20-17-14-11-8-5-2/h15,17-18,20,24-26,32,38,41,56H,4-14,16,19,21-23,27-31,33-37,39-40,42-55H2,1-3H3/b18-15-,20-17-,26-24-,32-25-,41-38-/t56-/m0/s1. The molecule has 0 aromatic heterocycles. The number of rotatable bonds is 50. The molecule has 0 unspecified atom stereocenters. The van der Waals surface area contributed by atoms with Crippen LogP contribution in [0.25, 0.3) is 0 Å². The zero-order valence-corrected chi connectivity index (χ0v) is 43.0. The fourth-order valence-corrected chi connectivity index (χ4v) is 7.72. The van der Waals surface area contributed by atoms with Gasteiger partial charge in [0.25, 0.3) is 0 Å². The maximum Gasteiger partial charge on any atom is 0.306 e. The summed E-state index contributed by atoms with van der Waals surface area (Å²) >= 11 is 0. The first-order valence-corrected chi connectivity index (χ1v) is 27.8. The second kappa shape index (κ2) is 53.7. The molecular weight excluding hydrogens is 805 g/mol. The third kappa shape index (κ3) is 51.9. The molecule has 0 N–H and O–H groups in total. The van der Waals surface area contributed by atoms with E-state index < -0.39 is 6.10 Å². The summed E-state index contributed by atoms with van der Waals surface area (Å²) in [6.07, 6.45) is 66.4. The molecule has 1 atom stereocenters. The summed E-state index contributed by atoms with van der Waals surface area (Å²) in [6.45, 7) is 6.54. The summed E-state index contributed by atoms with van der Waals surface area (Å²) < 4.78 is 16.8. The minimum absolute atomic E-state index is 0.0917. The molecule has 0 spiro atoms. The fourth-order valence-electron chi connectivity index (χ4n) is 7.72. The van der Waals surface area contributed by atoms with Crippen LogP contribution in [0.15, 0.2) is 60.8 Å². The van der Waals surface area contributed by atoms with Crippen LogP contribution in [0.1, 0.15) is 278 Å². The predicted octanol–water partition coefficient (Wildman–Crippen LogP) is 18.4. The number of hydrogen-bond acceptors (Lipinski definition) is 6. The maximum atomic E-state index is 12.8. The lowest BCUT2D eigenvalue weighted by Crippen LogP contribution is -2.30. The maximum absolute atomic E-state index is 12.8. The van der Waals surface area contributed by atoms with Crippen molar-refractivity contribution >= 4 is 17.9 Å². The largest absolute Gasteiger partial charge is 0.462 e. The first-order valence-electron chi connectivity index (χ1n) is 27.8. The molecule has 0 saturated carbocycles. The Balaban J connectivity index is 4.34. The highest BCUT2D eigenvalue weighted by molar-refractivity contribution is 5.71. The van der Waals surface area contributed by atoms with Crippen molar-refractivity contribution in [2.24, 2.45) is 0 Å². The van der Waals surface area contributed by atoms with E-state index in [1.54, 1.807) is 0 Å². The zero-order valence-electron chi connectivity index (χ0n) is 43.0. The van der Waals surface area contributed by atoms with Gasteiger partial charge in [-0.05, 0) is 103 Å². The second-order valence-corrected chi connectivity index (χ2v) is 18.5. The van der Waals surface area contributed by atoms with Crippen molar-refractivity contribution in [2.75, 3.05) is 13.2 Å². The van der Waals surface area contributed by atoms with Crippen molar-refractivity contribution in [3.05, 3.63) is 60.8 Å². The Morgan fingerprint density at radius 3 is 0.985 bits per heavy atom. The van der Waals surface area contributed by atoms with Crippen molar-refractivity contribution in [1.82, 2.24) is 0 Å². The Morgan fingerprint density at radius 2 is 0.569 bits per heavy atom. The predicted molar refractivity (Wildman–Crippen MR) is 279 cm³/mol. The summed E-state index contributed by atoms with van der Waals surface area (Å²) in [5.74, 6) is -0.935. The van der Waals surface area contributed by atoms with Crippen LogP contribution >= 0.6 is 0 Å². The average molecular weight is 909 g/mol. The molecule has 0 heterocycles. The third-order valence-electron chi connectivity index (χ3n) is 12.0. The van der Waals surface area contributed by atoms with E-state index in [-0.39, 0.29) is 37.5 Å². The van der Waals surface area contributed by atoms with Gasteiger partial charge in [-0.1, -0.05) is 216 Å². The molecule has 376 valence electrons. The Labute approximate surface area is 402 Å². The molecule has 0 radical (unpaired) electrons. The molecule has 6 heteroatoms. The summed E-state index contributed by atoms with van der Waals surface area (Å²) in [5.41, 5.74) is 0. The lowest BCUT2D eigenvalue weighted by Gasteiger charge is -2.18. The van der Waals surface area contributed by atoms with Gasteiger partial charge in [0.1, 0.15) is 13.2 Å². The van der Waals surface area contributed by atoms with E-state index >= 15 is 0 Å². The van der Waals surface area contributed by atoms with Gasteiger partial charge >= 0.3 is 17.9 Å². The summed E-state index contributed by atoms with van der Waals surface area (Å²) in [7, 11) is 0. The van der Waals surface area contributed by atoms with Crippen molar-refractivity contribution in [3.63, 3.8) is 0 Å². The summed E-state index contributed by atoms with van der Waals surface area (Å²) in [4.78, 5) is 38.0. The highest BCUT2D eigenvalue weighted by atomic mass is 16.6. The van der Waals surface area contributed by atoms with E-state index in [1.165, 1.54) is 161 Å². The molecule has 0 saturated heterocycles. The minimum Gasteiger partial charge on any atom is -0.462 e. The number of esters is 3. The normalized spacial score (nSPS) is 12.5. The number of carbonyl (C=O) groups is 3. The smallest absolute Gasteiger partial charge is 0.306 e. The molecular formula is C59H104O6. The molecule has 0 fully saturated rings. The van der Waals surface area contributed by atoms with Crippen LogP contribution in [-0.4, -0.2) is 37.2 Å². The van der Waals surface area contributed by atoms with Gasteiger partial charge in [0.15, 0.2) is 6.10 Å². The Bertz CT molecular complexity index is 1180. The van der Waals surface area contributed by atoms with Gasteiger partial charge in [0, 0.05) is 19.3 Å². The number of hydrogen-bond donors (Lipinski definition) is 0. The van der Waals surface area contributed by atoms with E-state index in [9.17, 15) is 14.4 Å². The van der Waals surface area contributed by atoms with Gasteiger partial charge in [-0.3, -0.25) is 14.4 Å². The zero-order chi connectivity index (χ0) is 47.2. The SMILES string of the molecule is CCCC/C=C\CCCCCCCC(=O)OC[C@@H](COC(=O)CCCCCCCCCCCCC/C=C\CCCCCCCC)OC(=O)CCCC/C=C\C/C=C\C/C=C\CCCCC. The van der Waals surface area contributed by atoms with E-state index in [2.05, 4.69) is 81.5 Å². The van der Waals surface area contributed by atoms with Crippen molar-refractivity contribution < 1.29 is 28.6 Å². The van der Waals surface area contributed by atoms with Crippen molar-refractivity contribution in [2.45, 2.75) is 284 Å². The molecule has 0 aromatic rings. The van der Waals surface area contributed by atoms with Gasteiger partial charge in [-0.15, -0.1) is 0 Å². The highest BCUT2D eigenvalue weighted by Gasteiger charge is 2.19. The van der Waals surface area contributed by atoms with Crippen LogP contribution in [0, 0.1) is 0 Å². The van der Waals surface area contributed by atoms with Gasteiger partial charge in [0.2, 0.25) is 0 Å². The molecule has 65 heavy (non-hydrogen) atoms. The minimum atomic E-state index is -0.796. The van der Waals surface area contributed by atoms with Gasteiger partial charge < -0.3 is 14.2 Å². The number of ether oxygens (including phenoxy) is 3. The van der Waals surface area contributed by atoms with Gasteiger partial charge in [-0.25, -0.2) is 0 Å². The fraction of sp³-hybridized carbons (Fsp3) is 0.780. The van der Waals surface area contributed by atoms with E-state index in [0.717, 1.165) is 70.6 Å². The molecule has 0 aliphatic rings. The van der Waals surface area contributed by atoms with E-state index in [4.69, 9.17) is 14.2 Å². The Morgan fingerprint density at radius 1 is 0.308 bits per heavy atom. The number of unbranched alkanes of at least 4 members (excludes halogenated alkanes) is 29. The van der Waals surface area contributed by atoms with Crippen molar-refractivity contribution in [3.8, 4) is 0 Å². The van der Waals surface area contributed by atoms with Crippen LogP contribution in [-0.2, 0) is 28.6 Å². The molecule has 0 amide bonds. The lowest BCUT2D eigenvalue weighted by molar-refractivity contribution is -0.167. The average Bonchev–Trinajstić information content (AvgIpc) is 3.30. The van der Waals surface area contributed by atoms with Crippen LogP contribution in [0.2, 0.25) is 0 Å². The van der Waals surface area contributed by atoms with Crippen molar-refractivity contribution in [1.29, 1.82) is 0 Å². The van der Waals surface area contributed by atoms with E-state index in [0.29, 0.717) is 19.3 Å². The third-order valence-corrected chi connectivity index (χ3v) is 12.0. The molecule has 6 nitrogen and oxygen atoms in total. The topological polar surface area (TPSA) is 78.9 Å². The van der Waals surface area contributed by atoms with Crippen LogP contribution < -0.4 is 0 Å². The molecule has 0 bridgehead atoms. The monoisotopic (exact) mass is 909 g/mol. The first kappa shape index (κ1) is 62.1. The molecule has 0 aromatic carbocycles. The lowest BCUT2D eigenvalue weighted by atomic mass is 10.0. The molecule has 0 rings (SSSR count). The summed E-state index contributed by atoms with van der Waals surface area (Å²) in [5, 5.41) is 0. The van der Waals surface area contributed by atoms with Gasteiger partial charge in [0.05, 0.1) is 0 Å². The van der Waals surface area contributed by atoms with Gasteiger partial charge in [-0.2, -0.15) is 0 Å². The molecule has 0 aliphatic heterocycles. The highest BCUT2D eigenvalue weighted by Crippen LogP contribution is 2.15. The van der Waals surface area contributed by atoms with Crippen LogP contribution in [0.4, 0.5) is 0 Å². The first-order chi connectivity index (χ1) is 32.0. The quantitative estimate of drug-likeness (QED) is 0.0262. The Kier molecular flexibility index (Phi) is 51.3. The number of carbonyl (C=O) groups excluding carboxylic acids is 3. The Hall–Kier alpha value is -2.89. The van der Waals surface area contributed by atoms with Crippen LogP contribution in [0.5, 0.6) is 0 Å². The molecule has 0 aliphatic carbocycles. The summed E-state index contributed by atoms with van der Waals surface area (Å²) in [6, 6.07) is 0. The van der Waals surface area contributed by atoms with Crippen LogP contribution in [0.3, 0.4) is 0 Å². The second-order valence-electron chi connectivity index (χ2n) is 18.5. The number of allylic oxidation sites excluding steroid dienone is 10. The van der Waals surface area contributed by atoms with E-state index in [1.807, 2.05) is 0 Å².